The third kappa shape index (κ3) is 5.87. The molecule has 2 atom stereocenters. The van der Waals surface area contributed by atoms with Crippen molar-refractivity contribution in [1.82, 2.24) is 15.5 Å². The number of nitriles is 2. The fraction of sp³-hybridized carbons (Fsp3) is 0.391. The first-order valence-corrected chi connectivity index (χ1v) is 9.91. The molecule has 1 aliphatic rings. The number of benzene rings is 2. The van der Waals surface area contributed by atoms with Crippen molar-refractivity contribution < 1.29 is 4.74 Å². The largest absolute Gasteiger partial charge is 0.374 e. The summed E-state index contributed by atoms with van der Waals surface area (Å²) in [7, 11) is 1.74. The van der Waals surface area contributed by atoms with E-state index in [4.69, 9.17) is 15.3 Å². The van der Waals surface area contributed by atoms with Crippen molar-refractivity contribution in [3.05, 3.63) is 60.2 Å². The van der Waals surface area contributed by atoms with Crippen LogP contribution in [0.1, 0.15) is 5.56 Å². The lowest BCUT2D eigenvalue weighted by Gasteiger charge is -2.34. The zero-order valence-corrected chi connectivity index (χ0v) is 16.7. The van der Waals surface area contributed by atoms with Crippen molar-refractivity contribution in [2.24, 2.45) is 5.92 Å². The first-order valence-electron chi connectivity index (χ1n) is 9.91. The Balaban J connectivity index is 1.52. The van der Waals surface area contributed by atoms with Crippen molar-refractivity contribution in [3.63, 3.8) is 0 Å². The van der Waals surface area contributed by atoms with Gasteiger partial charge in [0.15, 0.2) is 5.92 Å². The first kappa shape index (κ1) is 21.0. The quantitative estimate of drug-likeness (QED) is 0.675. The van der Waals surface area contributed by atoms with Gasteiger partial charge in [-0.2, -0.15) is 10.5 Å². The molecule has 2 N–H and O–H groups in total. The number of nitrogens with one attached hydrogen (secondary N) is 2. The van der Waals surface area contributed by atoms with E-state index in [-0.39, 0.29) is 12.3 Å². The predicted octanol–water partition coefficient (Wildman–Crippen LogP) is 2.35. The number of hydrogen-bond acceptors (Lipinski definition) is 6. The van der Waals surface area contributed by atoms with Gasteiger partial charge in [0, 0.05) is 26.2 Å². The van der Waals surface area contributed by atoms with Gasteiger partial charge in [-0.25, -0.2) is 0 Å². The summed E-state index contributed by atoms with van der Waals surface area (Å²) in [6.07, 6.45) is -0.337. The van der Waals surface area contributed by atoms with Crippen molar-refractivity contribution in [2.45, 2.75) is 18.8 Å². The van der Waals surface area contributed by atoms with Crippen LogP contribution in [0.3, 0.4) is 0 Å². The lowest BCUT2D eigenvalue weighted by molar-refractivity contribution is -0.0315. The highest BCUT2D eigenvalue weighted by Crippen LogP contribution is 2.20. The standard InChI is InChI=1S/C23H27N5O/c1-26-23(21(13-24)14-25)27-15-22-17-28(11-12-29-22)16-18-7-9-20(10-8-18)19-5-3-2-4-6-19/h2-10,21-23,26-27H,11-12,15-17H2,1H3. The Morgan fingerprint density at radius 1 is 1.07 bits per heavy atom. The second kappa shape index (κ2) is 10.7. The van der Waals surface area contributed by atoms with E-state index in [2.05, 4.69) is 64.1 Å². The van der Waals surface area contributed by atoms with Crippen LogP contribution in [0.5, 0.6) is 0 Å². The molecule has 29 heavy (non-hydrogen) atoms. The number of hydrogen-bond donors (Lipinski definition) is 2. The van der Waals surface area contributed by atoms with Gasteiger partial charge in [-0.15, -0.1) is 0 Å². The van der Waals surface area contributed by atoms with Gasteiger partial charge in [-0.1, -0.05) is 54.6 Å². The molecular formula is C23H27N5O. The Morgan fingerprint density at radius 2 is 1.76 bits per heavy atom. The molecule has 1 heterocycles. The molecule has 2 aromatic rings. The summed E-state index contributed by atoms with van der Waals surface area (Å²) in [5.74, 6) is -0.733. The normalized spacial score (nSPS) is 18.1. The van der Waals surface area contributed by atoms with Crippen LogP contribution in [0, 0.1) is 28.6 Å². The summed E-state index contributed by atoms with van der Waals surface area (Å²) in [6, 6.07) is 23.1. The van der Waals surface area contributed by atoms with Crippen LogP contribution < -0.4 is 10.6 Å². The molecule has 1 aliphatic heterocycles. The molecule has 6 heteroatoms. The van der Waals surface area contributed by atoms with Crippen molar-refractivity contribution >= 4 is 0 Å². The molecule has 0 aromatic heterocycles. The summed E-state index contributed by atoms with van der Waals surface area (Å²) < 4.78 is 5.87. The summed E-state index contributed by atoms with van der Waals surface area (Å²) in [5.41, 5.74) is 3.73. The molecule has 0 radical (unpaired) electrons. The maximum atomic E-state index is 9.07. The van der Waals surface area contributed by atoms with Gasteiger partial charge in [0.2, 0.25) is 0 Å². The Hall–Kier alpha value is -2.74. The molecular weight excluding hydrogens is 362 g/mol. The smallest absolute Gasteiger partial charge is 0.161 e. The summed E-state index contributed by atoms with van der Waals surface area (Å²) in [6.45, 7) is 3.86. The van der Waals surface area contributed by atoms with Crippen LogP contribution >= 0.6 is 0 Å². The predicted molar refractivity (Wildman–Crippen MR) is 112 cm³/mol. The average Bonchev–Trinajstić information content (AvgIpc) is 2.78. The maximum absolute atomic E-state index is 9.07. The Bertz CT molecular complexity index is 826. The van der Waals surface area contributed by atoms with Gasteiger partial charge in [-0.05, 0) is 23.7 Å². The van der Waals surface area contributed by atoms with E-state index in [1.165, 1.54) is 16.7 Å². The molecule has 0 amide bonds. The van der Waals surface area contributed by atoms with Crippen molar-refractivity contribution in [3.8, 4) is 23.3 Å². The van der Waals surface area contributed by atoms with Crippen LogP contribution in [0.25, 0.3) is 11.1 Å². The second-order valence-corrected chi connectivity index (χ2v) is 7.20. The van der Waals surface area contributed by atoms with Crippen molar-refractivity contribution in [2.75, 3.05) is 33.3 Å². The summed E-state index contributed by atoms with van der Waals surface area (Å²) in [4.78, 5) is 2.38. The zero-order chi connectivity index (χ0) is 20.5. The highest BCUT2D eigenvalue weighted by Gasteiger charge is 2.24. The summed E-state index contributed by atoms with van der Waals surface area (Å²) >= 11 is 0. The minimum atomic E-state index is -0.733. The average molecular weight is 390 g/mol. The van der Waals surface area contributed by atoms with E-state index in [1.54, 1.807) is 7.05 Å². The van der Waals surface area contributed by atoms with E-state index in [9.17, 15) is 0 Å². The number of morpholine rings is 1. The van der Waals surface area contributed by atoms with Gasteiger partial charge in [0.25, 0.3) is 0 Å². The molecule has 0 bridgehead atoms. The molecule has 1 saturated heterocycles. The highest BCUT2D eigenvalue weighted by molar-refractivity contribution is 5.63. The van der Waals surface area contributed by atoms with Crippen LogP contribution in [0.15, 0.2) is 54.6 Å². The van der Waals surface area contributed by atoms with Crippen LogP contribution in [-0.4, -0.2) is 50.5 Å². The molecule has 0 spiro atoms. The van der Waals surface area contributed by atoms with E-state index >= 15 is 0 Å². The number of nitrogens with zero attached hydrogens (tertiary/aromatic N) is 3. The third-order valence-electron chi connectivity index (χ3n) is 5.18. The van der Waals surface area contributed by atoms with E-state index in [0.29, 0.717) is 13.2 Å². The van der Waals surface area contributed by atoms with E-state index < -0.39 is 5.92 Å². The number of ether oxygens (including phenoxy) is 1. The van der Waals surface area contributed by atoms with Crippen LogP contribution in [0.2, 0.25) is 0 Å². The molecule has 150 valence electrons. The van der Waals surface area contributed by atoms with Crippen molar-refractivity contribution in [1.29, 1.82) is 10.5 Å². The van der Waals surface area contributed by atoms with Gasteiger partial charge in [0.05, 0.1) is 31.0 Å². The first-order chi connectivity index (χ1) is 14.2. The van der Waals surface area contributed by atoms with Gasteiger partial charge >= 0.3 is 0 Å². The van der Waals surface area contributed by atoms with Crippen LogP contribution in [0.4, 0.5) is 0 Å². The lowest BCUT2D eigenvalue weighted by atomic mass is 10.0. The Kier molecular flexibility index (Phi) is 7.75. The monoisotopic (exact) mass is 389 g/mol. The van der Waals surface area contributed by atoms with Crippen LogP contribution in [-0.2, 0) is 11.3 Å². The molecule has 6 nitrogen and oxygen atoms in total. The van der Waals surface area contributed by atoms with E-state index in [1.807, 2.05) is 18.2 Å². The minimum absolute atomic E-state index is 0.0289. The zero-order valence-electron chi connectivity index (χ0n) is 16.7. The topological polar surface area (TPSA) is 84.1 Å². The summed E-state index contributed by atoms with van der Waals surface area (Å²) in [5, 5.41) is 24.4. The Labute approximate surface area is 172 Å². The lowest BCUT2D eigenvalue weighted by Crippen LogP contribution is -2.52. The molecule has 1 fully saturated rings. The molecule has 3 rings (SSSR count). The number of rotatable bonds is 8. The molecule has 0 saturated carbocycles. The minimum Gasteiger partial charge on any atom is -0.374 e. The molecule has 2 aromatic carbocycles. The third-order valence-corrected chi connectivity index (χ3v) is 5.18. The fourth-order valence-electron chi connectivity index (χ4n) is 3.56. The highest BCUT2D eigenvalue weighted by atomic mass is 16.5. The van der Waals surface area contributed by atoms with Gasteiger partial charge in [-0.3, -0.25) is 10.2 Å². The second-order valence-electron chi connectivity index (χ2n) is 7.20. The molecule has 0 aliphatic carbocycles. The maximum Gasteiger partial charge on any atom is 0.161 e. The van der Waals surface area contributed by atoms with Gasteiger partial charge in [0.1, 0.15) is 0 Å². The van der Waals surface area contributed by atoms with Gasteiger partial charge < -0.3 is 10.1 Å². The SMILES string of the molecule is CNC(NCC1CN(Cc2ccc(-c3ccccc3)cc2)CCO1)C(C#N)C#N. The molecule has 2 unspecified atom stereocenters. The van der Waals surface area contributed by atoms with E-state index in [0.717, 1.165) is 19.6 Å². The Morgan fingerprint density at radius 3 is 2.41 bits per heavy atom. The fourth-order valence-corrected chi connectivity index (χ4v) is 3.56.